The van der Waals surface area contributed by atoms with Crippen LogP contribution in [-0.4, -0.2) is 44.5 Å². The van der Waals surface area contributed by atoms with E-state index in [9.17, 15) is 24.5 Å². The lowest BCUT2D eigenvalue weighted by Gasteiger charge is -2.37. The van der Waals surface area contributed by atoms with Crippen LogP contribution >= 0.6 is 11.6 Å². The Balaban J connectivity index is 1.40. The number of hydrogen-bond donors (Lipinski definition) is 1. The number of rotatable bonds is 4. The van der Waals surface area contributed by atoms with Gasteiger partial charge in [0.05, 0.1) is 33.5 Å². The van der Waals surface area contributed by atoms with Crippen LogP contribution in [0.4, 0.5) is 11.4 Å². The van der Waals surface area contributed by atoms with Gasteiger partial charge in [0.1, 0.15) is 6.04 Å². The summed E-state index contributed by atoms with van der Waals surface area (Å²) in [6.07, 6.45) is 8.23. The molecule has 3 amide bonds. The van der Waals surface area contributed by atoms with E-state index < -0.39 is 34.7 Å². The summed E-state index contributed by atoms with van der Waals surface area (Å²) < 4.78 is 0. The van der Waals surface area contributed by atoms with E-state index in [1.54, 1.807) is 11.1 Å². The zero-order valence-corrected chi connectivity index (χ0v) is 20.6. The Morgan fingerprint density at radius 3 is 2.51 bits per heavy atom. The molecule has 1 aliphatic carbocycles. The number of nitro benzene ring substituents is 1. The zero-order chi connectivity index (χ0) is 25.8. The van der Waals surface area contributed by atoms with E-state index in [1.165, 1.54) is 23.1 Å². The number of anilines is 1. The number of amides is 3. The molecule has 0 bridgehead atoms. The lowest BCUT2D eigenvalue weighted by atomic mass is 9.84. The molecule has 3 fully saturated rings. The molecule has 2 aromatic rings. The lowest BCUT2D eigenvalue weighted by Crippen LogP contribution is -2.49. The molecule has 0 unspecified atom stereocenters. The summed E-state index contributed by atoms with van der Waals surface area (Å²) in [5, 5.41) is 14.1. The second-order valence-corrected chi connectivity index (χ2v) is 10.5. The van der Waals surface area contributed by atoms with Gasteiger partial charge in [0.25, 0.3) is 5.69 Å². The van der Waals surface area contributed by atoms with Gasteiger partial charge in [0.15, 0.2) is 0 Å². The summed E-state index contributed by atoms with van der Waals surface area (Å²) in [4.78, 5) is 55.5. The first kappa shape index (κ1) is 23.7. The first-order valence-electron chi connectivity index (χ1n) is 12.5. The number of non-ortho nitro benzene ring substituents is 1. The van der Waals surface area contributed by atoms with Crippen molar-refractivity contribution in [1.82, 2.24) is 9.80 Å². The maximum Gasteiger partial charge on any atom is 0.271 e. The molecule has 1 N–H and O–H groups in total. The predicted molar refractivity (Wildman–Crippen MR) is 136 cm³/mol. The Labute approximate surface area is 218 Å². The molecule has 0 spiro atoms. The van der Waals surface area contributed by atoms with Crippen LogP contribution in [0, 0.1) is 22.0 Å². The smallest absolute Gasteiger partial charge is 0.271 e. The van der Waals surface area contributed by atoms with Gasteiger partial charge < -0.3 is 10.2 Å². The third-order valence-electron chi connectivity index (χ3n) is 8.12. The van der Waals surface area contributed by atoms with E-state index in [0.717, 1.165) is 43.2 Å². The molecular weight excluding hydrogens is 496 g/mol. The predicted octanol–water partition coefficient (Wildman–Crippen LogP) is 4.53. The highest BCUT2D eigenvalue weighted by Crippen LogP contribution is 2.53. The normalized spacial score (nSPS) is 26.6. The van der Waals surface area contributed by atoms with Gasteiger partial charge in [0, 0.05) is 24.4 Å². The summed E-state index contributed by atoms with van der Waals surface area (Å²) in [6.45, 7) is 0. The number of carbonyl (C=O) groups is 3. The summed E-state index contributed by atoms with van der Waals surface area (Å²) in [5.41, 5.74) is 1.71. The third kappa shape index (κ3) is 3.71. The molecule has 0 aromatic heterocycles. The van der Waals surface area contributed by atoms with E-state index in [-0.39, 0.29) is 34.3 Å². The number of hydrogen-bond acceptors (Lipinski definition) is 6. The number of imide groups is 1. The van der Waals surface area contributed by atoms with Crippen molar-refractivity contribution in [2.24, 2.45) is 11.8 Å². The number of nitro groups is 1. The average molecular weight is 521 g/mol. The van der Waals surface area contributed by atoms with Crippen molar-refractivity contribution >= 4 is 46.8 Å². The van der Waals surface area contributed by atoms with Crippen LogP contribution in [0.25, 0.3) is 6.08 Å². The van der Waals surface area contributed by atoms with Gasteiger partial charge in [0.2, 0.25) is 17.7 Å². The van der Waals surface area contributed by atoms with Crippen LogP contribution in [0.3, 0.4) is 0 Å². The molecule has 37 heavy (non-hydrogen) atoms. The van der Waals surface area contributed by atoms with Crippen LogP contribution in [0.15, 0.2) is 48.7 Å². The Bertz CT molecular complexity index is 1350. The highest BCUT2D eigenvalue weighted by Gasteiger charge is 2.65. The van der Waals surface area contributed by atoms with Crippen LogP contribution < -0.4 is 5.32 Å². The molecule has 6 rings (SSSR count). The van der Waals surface area contributed by atoms with Gasteiger partial charge >= 0.3 is 0 Å². The standard InChI is InChI=1S/C27H25ClN4O5/c28-19-11-10-17(32(36)37)14-20(19)29-25(33)24-22-21(23-18-9-5-4-6-15(18)12-13-30(23)24)26(34)31(27(22)35)16-7-2-1-3-8-16/h4-6,9-14,16,21-24H,1-3,7-8H2,(H,29,33)/t21-,22-,23+,24+/m0/s1. The first-order valence-corrected chi connectivity index (χ1v) is 12.9. The summed E-state index contributed by atoms with van der Waals surface area (Å²) in [6, 6.07) is 9.91. The van der Waals surface area contributed by atoms with E-state index in [0.29, 0.717) is 0 Å². The van der Waals surface area contributed by atoms with E-state index in [4.69, 9.17) is 11.6 Å². The first-order chi connectivity index (χ1) is 17.9. The number of benzene rings is 2. The van der Waals surface area contributed by atoms with E-state index in [2.05, 4.69) is 5.32 Å². The number of nitrogens with zero attached hydrogens (tertiary/aromatic N) is 3. The molecule has 4 atom stereocenters. The summed E-state index contributed by atoms with van der Waals surface area (Å²) >= 11 is 6.25. The lowest BCUT2D eigenvalue weighted by molar-refractivity contribution is -0.384. The molecule has 4 aliphatic rings. The second-order valence-electron chi connectivity index (χ2n) is 10.1. The molecular formula is C27H25ClN4O5. The molecule has 3 aliphatic heterocycles. The molecule has 1 saturated carbocycles. The van der Waals surface area contributed by atoms with Crippen molar-refractivity contribution in [2.45, 2.75) is 50.2 Å². The minimum Gasteiger partial charge on any atom is -0.357 e. The van der Waals surface area contributed by atoms with Crippen molar-refractivity contribution in [3.05, 3.63) is 74.9 Å². The Hall–Kier alpha value is -3.72. The summed E-state index contributed by atoms with van der Waals surface area (Å²) in [7, 11) is 0. The largest absolute Gasteiger partial charge is 0.357 e. The molecule has 10 heteroatoms. The monoisotopic (exact) mass is 520 g/mol. The number of fused-ring (bicyclic) bond motifs is 5. The van der Waals surface area contributed by atoms with Gasteiger partial charge in [-0.3, -0.25) is 29.4 Å². The van der Waals surface area contributed by atoms with Crippen molar-refractivity contribution < 1.29 is 19.3 Å². The number of halogens is 1. The topological polar surface area (TPSA) is 113 Å². The van der Waals surface area contributed by atoms with E-state index >= 15 is 0 Å². The number of carbonyl (C=O) groups excluding carboxylic acids is 3. The van der Waals surface area contributed by atoms with Crippen molar-refractivity contribution in [2.75, 3.05) is 5.32 Å². The van der Waals surface area contributed by atoms with Crippen molar-refractivity contribution in [3.63, 3.8) is 0 Å². The van der Waals surface area contributed by atoms with Gasteiger partial charge in [-0.1, -0.05) is 55.1 Å². The fourth-order valence-electron chi connectivity index (χ4n) is 6.51. The highest BCUT2D eigenvalue weighted by molar-refractivity contribution is 6.34. The van der Waals surface area contributed by atoms with Gasteiger partial charge in [-0.15, -0.1) is 0 Å². The summed E-state index contributed by atoms with van der Waals surface area (Å²) in [5.74, 6) is -2.63. The minimum atomic E-state index is -0.972. The molecule has 9 nitrogen and oxygen atoms in total. The van der Waals surface area contributed by atoms with Gasteiger partial charge in [-0.25, -0.2) is 0 Å². The molecule has 2 aromatic carbocycles. The van der Waals surface area contributed by atoms with Crippen molar-refractivity contribution in [1.29, 1.82) is 0 Å². The van der Waals surface area contributed by atoms with E-state index in [1.807, 2.05) is 30.3 Å². The number of likely N-dealkylation sites (tertiary alicyclic amines) is 1. The molecule has 2 saturated heterocycles. The number of nitrogens with one attached hydrogen (secondary N) is 1. The fourth-order valence-corrected chi connectivity index (χ4v) is 6.67. The quantitative estimate of drug-likeness (QED) is 0.360. The molecule has 0 radical (unpaired) electrons. The third-order valence-corrected chi connectivity index (χ3v) is 8.45. The fraction of sp³-hybridized carbons (Fsp3) is 0.370. The van der Waals surface area contributed by atoms with Crippen LogP contribution in [-0.2, 0) is 14.4 Å². The Morgan fingerprint density at radius 2 is 1.76 bits per heavy atom. The Kier molecular flexibility index (Phi) is 5.75. The average Bonchev–Trinajstić information content (AvgIpc) is 3.38. The maximum absolute atomic E-state index is 13.9. The maximum atomic E-state index is 13.9. The molecule has 190 valence electrons. The zero-order valence-electron chi connectivity index (χ0n) is 19.9. The van der Waals surface area contributed by atoms with Gasteiger partial charge in [-0.05, 0) is 36.1 Å². The van der Waals surface area contributed by atoms with Crippen LogP contribution in [0.2, 0.25) is 5.02 Å². The highest BCUT2D eigenvalue weighted by atomic mass is 35.5. The van der Waals surface area contributed by atoms with Crippen LogP contribution in [0.1, 0.15) is 49.3 Å². The van der Waals surface area contributed by atoms with Crippen molar-refractivity contribution in [3.8, 4) is 0 Å². The Morgan fingerprint density at radius 1 is 1.03 bits per heavy atom. The van der Waals surface area contributed by atoms with Gasteiger partial charge in [-0.2, -0.15) is 0 Å². The minimum absolute atomic E-state index is 0.0863. The second kappa shape index (κ2) is 8.99. The SMILES string of the molecule is O=C(Nc1cc([N+](=O)[O-])ccc1Cl)[C@H]1[C@H]2C(=O)N(C3CCCCC3)C(=O)[C@@H]2[C@H]2c3ccccc3C=CN21. The van der Waals surface area contributed by atoms with Crippen LogP contribution in [0.5, 0.6) is 0 Å². The molecule has 3 heterocycles.